The number of benzene rings is 1. The molecule has 3 aromatic rings. The van der Waals surface area contributed by atoms with Crippen LogP contribution in [0, 0.1) is 0 Å². The number of nitrogens with zero attached hydrogens (tertiary/aromatic N) is 4. The smallest absolute Gasteiger partial charge is 0.388 e. The van der Waals surface area contributed by atoms with Crippen LogP contribution in [0.25, 0.3) is 11.1 Å². The molecule has 0 aliphatic heterocycles. The molecule has 1 aromatic carbocycles. The molecule has 2 heterocycles. The Labute approximate surface area is 153 Å². The molecule has 0 N–H and O–H groups in total. The van der Waals surface area contributed by atoms with Crippen LogP contribution in [0.1, 0.15) is 18.3 Å². The molecule has 0 saturated heterocycles. The van der Waals surface area contributed by atoms with Crippen molar-refractivity contribution in [1.29, 1.82) is 0 Å². The van der Waals surface area contributed by atoms with E-state index in [4.69, 9.17) is 4.74 Å². The maximum absolute atomic E-state index is 12.8. The van der Waals surface area contributed by atoms with Gasteiger partial charge in [-0.3, -0.25) is 0 Å². The van der Waals surface area contributed by atoms with E-state index in [9.17, 15) is 13.2 Å². The lowest BCUT2D eigenvalue weighted by Gasteiger charge is -2.13. The number of rotatable bonds is 8. The fourth-order valence-corrected chi connectivity index (χ4v) is 2.54. The number of halogens is 3. The van der Waals surface area contributed by atoms with E-state index in [1.165, 1.54) is 17.2 Å². The van der Waals surface area contributed by atoms with Crippen LogP contribution in [0.4, 0.5) is 13.2 Å². The Morgan fingerprint density at radius 3 is 2.74 bits per heavy atom. The van der Waals surface area contributed by atoms with Gasteiger partial charge in [-0.25, -0.2) is 19.0 Å². The minimum absolute atomic E-state index is 0.0743. The summed E-state index contributed by atoms with van der Waals surface area (Å²) in [5, 5.41) is 3.97. The minimum atomic E-state index is -3.00. The maximum atomic E-state index is 12.8. The van der Waals surface area contributed by atoms with Crippen molar-refractivity contribution in [3.05, 3.63) is 54.2 Å². The van der Waals surface area contributed by atoms with Crippen LogP contribution in [0.5, 0.6) is 11.6 Å². The third-order valence-electron chi connectivity index (χ3n) is 3.61. The van der Waals surface area contributed by atoms with E-state index in [0.717, 1.165) is 0 Å². The summed E-state index contributed by atoms with van der Waals surface area (Å²) in [6, 6.07) is 8.67. The van der Waals surface area contributed by atoms with Gasteiger partial charge in [-0.05, 0) is 36.2 Å². The Morgan fingerprint density at radius 1 is 1.19 bits per heavy atom. The molecular formula is C18H17F3N4O2. The van der Waals surface area contributed by atoms with E-state index < -0.39 is 13.3 Å². The van der Waals surface area contributed by atoms with Crippen LogP contribution in [0.2, 0.25) is 0 Å². The average molecular weight is 378 g/mol. The quantitative estimate of drug-likeness (QED) is 0.596. The summed E-state index contributed by atoms with van der Waals surface area (Å²) in [5.74, 6) is 0.489. The predicted octanol–water partition coefficient (Wildman–Crippen LogP) is 3.86. The highest BCUT2D eigenvalue weighted by Crippen LogP contribution is 2.32. The summed E-state index contributed by atoms with van der Waals surface area (Å²) < 4.78 is 49.6. The van der Waals surface area contributed by atoms with Gasteiger partial charge in [0.1, 0.15) is 12.1 Å². The molecule has 0 aliphatic carbocycles. The number of alkyl halides is 3. The molecular weight excluding hydrogens is 361 g/mol. The van der Waals surface area contributed by atoms with Crippen molar-refractivity contribution in [2.45, 2.75) is 26.8 Å². The van der Waals surface area contributed by atoms with Gasteiger partial charge in [-0.15, -0.1) is 0 Å². The lowest BCUT2D eigenvalue weighted by Crippen LogP contribution is -2.07. The Bertz CT molecular complexity index is 902. The van der Waals surface area contributed by atoms with Gasteiger partial charge in [-0.1, -0.05) is 12.1 Å². The van der Waals surface area contributed by atoms with Crippen molar-refractivity contribution in [1.82, 2.24) is 19.7 Å². The molecule has 0 spiro atoms. The molecule has 3 rings (SSSR count). The van der Waals surface area contributed by atoms with E-state index in [0.29, 0.717) is 29.0 Å². The van der Waals surface area contributed by atoms with Gasteiger partial charge in [0.05, 0.1) is 13.2 Å². The first-order valence-corrected chi connectivity index (χ1v) is 8.20. The SMILES string of the molecule is CCOc1cccc(-c2cc(Cn3cnc(CF)n3)cnc2OC(F)F)c1. The number of aromatic nitrogens is 4. The van der Waals surface area contributed by atoms with Crippen molar-refractivity contribution in [2.24, 2.45) is 0 Å². The summed E-state index contributed by atoms with van der Waals surface area (Å²) in [5.41, 5.74) is 1.68. The highest BCUT2D eigenvalue weighted by Gasteiger charge is 2.15. The highest BCUT2D eigenvalue weighted by atomic mass is 19.3. The third kappa shape index (κ3) is 4.75. The number of pyridine rings is 1. The average Bonchev–Trinajstić information content (AvgIpc) is 3.11. The first-order chi connectivity index (χ1) is 13.1. The summed E-state index contributed by atoms with van der Waals surface area (Å²) in [4.78, 5) is 7.83. The van der Waals surface area contributed by atoms with Crippen LogP contribution in [0.15, 0.2) is 42.9 Å². The summed E-state index contributed by atoms with van der Waals surface area (Å²) in [7, 11) is 0. The van der Waals surface area contributed by atoms with Crippen LogP contribution >= 0.6 is 0 Å². The normalized spacial score (nSPS) is 11.0. The fraction of sp³-hybridized carbons (Fsp3) is 0.278. The Balaban J connectivity index is 1.96. The lowest BCUT2D eigenvalue weighted by molar-refractivity contribution is -0.0524. The zero-order valence-electron chi connectivity index (χ0n) is 14.5. The van der Waals surface area contributed by atoms with Crippen molar-refractivity contribution >= 4 is 0 Å². The number of hydrogen-bond donors (Lipinski definition) is 0. The molecule has 9 heteroatoms. The van der Waals surface area contributed by atoms with E-state index in [1.807, 2.05) is 6.92 Å². The molecule has 0 unspecified atom stereocenters. The molecule has 0 atom stereocenters. The predicted molar refractivity (Wildman–Crippen MR) is 91.4 cm³/mol. The summed E-state index contributed by atoms with van der Waals surface area (Å²) in [6.45, 7) is -1.18. The molecule has 0 amide bonds. The monoisotopic (exact) mass is 378 g/mol. The molecule has 0 bridgehead atoms. The summed E-state index contributed by atoms with van der Waals surface area (Å²) >= 11 is 0. The molecule has 0 radical (unpaired) electrons. The van der Waals surface area contributed by atoms with Gasteiger partial charge < -0.3 is 9.47 Å². The van der Waals surface area contributed by atoms with Gasteiger partial charge in [0.15, 0.2) is 12.5 Å². The molecule has 0 saturated carbocycles. The van der Waals surface area contributed by atoms with Crippen molar-refractivity contribution < 1.29 is 22.6 Å². The zero-order valence-corrected chi connectivity index (χ0v) is 14.5. The van der Waals surface area contributed by atoms with Gasteiger partial charge in [0.25, 0.3) is 0 Å². The molecule has 6 nitrogen and oxygen atoms in total. The van der Waals surface area contributed by atoms with Crippen LogP contribution < -0.4 is 9.47 Å². The molecule has 27 heavy (non-hydrogen) atoms. The van der Waals surface area contributed by atoms with Gasteiger partial charge in [0.2, 0.25) is 5.88 Å². The van der Waals surface area contributed by atoms with Crippen molar-refractivity contribution in [3.8, 4) is 22.8 Å². The number of ether oxygens (including phenoxy) is 2. The Morgan fingerprint density at radius 2 is 2.04 bits per heavy atom. The van der Waals surface area contributed by atoms with E-state index in [2.05, 4.69) is 19.8 Å². The van der Waals surface area contributed by atoms with E-state index in [-0.39, 0.29) is 18.2 Å². The Kier molecular flexibility index (Phi) is 5.90. The van der Waals surface area contributed by atoms with Gasteiger partial charge in [0, 0.05) is 11.8 Å². The molecule has 0 fully saturated rings. The lowest BCUT2D eigenvalue weighted by atomic mass is 10.0. The standard InChI is InChI=1S/C18H17F3N4O2/c1-2-26-14-5-3-4-13(7-14)15-6-12(9-22-17(15)27-18(20)21)10-25-11-23-16(8-19)24-25/h3-7,9,11,18H,2,8,10H2,1H3. The number of hydrogen-bond acceptors (Lipinski definition) is 5. The molecule has 0 aliphatic rings. The second-order valence-corrected chi connectivity index (χ2v) is 5.53. The van der Waals surface area contributed by atoms with E-state index in [1.54, 1.807) is 30.3 Å². The van der Waals surface area contributed by atoms with Crippen LogP contribution in [-0.2, 0) is 13.2 Å². The maximum Gasteiger partial charge on any atom is 0.388 e. The molecule has 142 valence electrons. The van der Waals surface area contributed by atoms with Crippen molar-refractivity contribution in [2.75, 3.05) is 6.61 Å². The fourth-order valence-electron chi connectivity index (χ4n) is 2.54. The van der Waals surface area contributed by atoms with E-state index >= 15 is 0 Å². The van der Waals surface area contributed by atoms with Crippen LogP contribution in [-0.4, -0.2) is 33.0 Å². The third-order valence-corrected chi connectivity index (χ3v) is 3.61. The second-order valence-electron chi connectivity index (χ2n) is 5.53. The topological polar surface area (TPSA) is 62.1 Å². The van der Waals surface area contributed by atoms with Gasteiger partial charge in [-0.2, -0.15) is 13.9 Å². The second kappa shape index (κ2) is 8.52. The Hall–Kier alpha value is -3.10. The zero-order chi connectivity index (χ0) is 19.2. The largest absolute Gasteiger partial charge is 0.494 e. The van der Waals surface area contributed by atoms with Gasteiger partial charge >= 0.3 is 6.61 Å². The van der Waals surface area contributed by atoms with Crippen molar-refractivity contribution in [3.63, 3.8) is 0 Å². The van der Waals surface area contributed by atoms with Crippen LogP contribution in [0.3, 0.4) is 0 Å². The first-order valence-electron chi connectivity index (χ1n) is 8.20. The minimum Gasteiger partial charge on any atom is -0.494 e. The first kappa shape index (κ1) is 18.7. The summed E-state index contributed by atoms with van der Waals surface area (Å²) in [6.07, 6.45) is 2.80. The highest BCUT2D eigenvalue weighted by molar-refractivity contribution is 5.70. The molecule has 2 aromatic heterocycles.